The number of halogens is 2. The van der Waals surface area contributed by atoms with Gasteiger partial charge in [-0.15, -0.1) is 6.42 Å². The van der Waals surface area contributed by atoms with Crippen molar-refractivity contribution in [1.82, 2.24) is 4.48 Å². The first-order chi connectivity index (χ1) is 27.6. The fourth-order valence-corrected chi connectivity index (χ4v) is 10.9. The van der Waals surface area contributed by atoms with E-state index in [1.165, 1.54) is 53.5 Å². The summed E-state index contributed by atoms with van der Waals surface area (Å²) in [5.74, 6) is 9.83. The number of terminal acetylenes is 1. The Labute approximate surface area is 334 Å². The summed E-state index contributed by atoms with van der Waals surface area (Å²) in [6, 6.07) is 38.6. The molecule has 6 aromatic rings. The smallest absolute Gasteiger partial charge is 0.393 e. The van der Waals surface area contributed by atoms with Gasteiger partial charge in [-0.25, -0.2) is 0 Å². The van der Waals surface area contributed by atoms with E-state index in [1.807, 2.05) is 59.7 Å². The molecular formula is C52H41BF2N2. The number of fused-ring (bicyclic) bond motifs is 12. The maximum absolute atomic E-state index is 16.8. The van der Waals surface area contributed by atoms with Crippen LogP contribution in [0.25, 0.3) is 27.8 Å². The first kappa shape index (κ1) is 35.0. The molecule has 4 aliphatic rings. The van der Waals surface area contributed by atoms with Gasteiger partial charge >= 0.3 is 6.97 Å². The molecule has 2 aliphatic heterocycles. The highest BCUT2D eigenvalue weighted by molar-refractivity contribution is 6.58. The molecule has 0 saturated carbocycles. The van der Waals surface area contributed by atoms with E-state index in [4.69, 9.17) is 6.42 Å². The molecule has 2 aliphatic carbocycles. The highest BCUT2D eigenvalue weighted by Gasteiger charge is 2.57. The molecule has 3 heterocycles. The Morgan fingerprint density at radius 2 is 1.21 bits per heavy atom. The van der Waals surface area contributed by atoms with Crippen LogP contribution in [-0.4, -0.2) is 21.6 Å². The Morgan fingerprint density at radius 1 is 0.667 bits per heavy atom. The van der Waals surface area contributed by atoms with Crippen LogP contribution in [0.4, 0.5) is 8.63 Å². The molecule has 1 aromatic heterocycles. The Kier molecular flexibility index (Phi) is 7.55. The van der Waals surface area contributed by atoms with E-state index in [2.05, 4.69) is 109 Å². The molecule has 2 nitrogen and oxygen atoms in total. The van der Waals surface area contributed by atoms with E-state index < -0.39 is 12.4 Å². The number of aromatic nitrogens is 1. The van der Waals surface area contributed by atoms with E-state index in [0.29, 0.717) is 35.6 Å². The average Bonchev–Trinajstić information content (AvgIpc) is 3.87. The Morgan fingerprint density at radius 3 is 1.81 bits per heavy atom. The van der Waals surface area contributed by atoms with E-state index in [9.17, 15) is 0 Å². The number of rotatable bonds is 3. The summed E-state index contributed by atoms with van der Waals surface area (Å²) in [6.45, 7) is 7.71. The zero-order chi connectivity index (χ0) is 39.5. The first-order valence-electron chi connectivity index (χ1n) is 20.0. The molecule has 1 atom stereocenters. The van der Waals surface area contributed by atoms with Crippen LogP contribution in [0.5, 0.6) is 0 Å². The van der Waals surface area contributed by atoms with Crippen LogP contribution in [0, 0.1) is 38.0 Å². The second-order valence-electron chi connectivity index (χ2n) is 15.8. The van der Waals surface area contributed by atoms with Crippen molar-refractivity contribution in [2.45, 2.75) is 59.8 Å². The number of allylic oxidation sites excluding steroid dienone is 2. The summed E-state index contributed by atoms with van der Waals surface area (Å²) in [6.07, 6.45) is 7.37. The quantitative estimate of drug-likeness (QED) is 0.126. The Hall–Kier alpha value is -6.43. The third-order valence-electron chi connectivity index (χ3n) is 13.3. The van der Waals surface area contributed by atoms with Gasteiger partial charge in [0.25, 0.3) is 0 Å². The van der Waals surface area contributed by atoms with Gasteiger partial charge in [0.15, 0.2) is 5.70 Å². The van der Waals surface area contributed by atoms with Gasteiger partial charge in [0, 0.05) is 40.5 Å². The van der Waals surface area contributed by atoms with E-state index in [1.54, 1.807) is 0 Å². The van der Waals surface area contributed by atoms with Gasteiger partial charge in [-0.05, 0) is 137 Å². The second-order valence-corrected chi connectivity index (χ2v) is 15.8. The molecule has 0 bridgehead atoms. The van der Waals surface area contributed by atoms with Crippen molar-refractivity contribution in [2.24, 2.45) is 0 Å². The molecule has 5 aromatic carbocycles. The lowest BCUT2D eigenvalue weighted by atomic mass is 9.70. The minimum absolute atomic E-state index is 0.517. The molecule has 0 fully saturated rings. The lowest BCUT2D eigenvalue weighted by Gasteiger charge is -2.34. The van der Waals surface area contributed by atoms with Crippen molar-refractivity contribution in [3.63, 3.8) is 0 Å². The maximum atomic E-state index is 16.8. The maximum Gasteiger partial charge on any atom is 0.737 e. The summed E-state index contributed by atoms with van der Waals surface area (Å²) < 4.78 is 36.2. The Balaban J connectivity index is 1.10. The van der Waals surface area contributed by atoms with Gasteiger partial charge < -0.3 is 17.6 Å². The fourth-order valence-electron chi connectivity index (χ4n) is 10.9. The third kappa shape index (κ3) is 4.46. The van der Waals surface area contributed by atoms with Crippen LogP contribution < -0.4 is 0 Å². The zero-order valence-corrected chi connectivity index (χ0v) is 33.1. The van der Waals surface area contributed by atoms with Crippen LogP contribution >= 0.6 is 0 Å². The predicted molar refractivity (Wildman–Crippen MR) is 230 cm³/mol. The highest BCUT2D eigenvalue weighted by atomic mass is 19.2. The number of hydrogen-bond acceptors (Lipinski definition) is 0. The molecular weight excluding hydrogens is 701 g/mol. The first-order valence-corrected chi connectivity index (χ1v) is 20.0. The lowest BCUT2D eigenvalue weighted by Crippen LogP contribution is -2.51. The molecule has 276 valence electrons. The van der Waals surface area contributed by atoms with E-state index >= 15 is 8.63 Å². The van der Waals surface area contributed by atoms with Crippen LogP contribution in [0.1, 0.15) is 101 Å². The van der Waals surface area contributed by atoms with Gasteiger partial charge in [0.2, 0.25) is 0 Å². The molecule has 5 heteroatoms. The van der Waals surface area contributed by atoms with Crippen molar-refractivity contribution in [2.75, 3.05) is 0 Å². The fraction of sp³-hybridized carbons (Fsp3) is 0.173. The van der Waals surface area contributed by atoms with Crippen LogP contribution in [0.15, 0.2) is 126 Å². The average molecular weight is 743 g/mol. The van der Waals surface area contributed by atoms with Crippen molar-refractivity contribution >= 4 is 18.3 Å². The highest BCUT2D eigenvalue weighted by Crippen LogP contribution is 2.63. The lowest BCUT2D eigenvalue weighted by molar-refractivity contribution is -0.363. The largest absolute Gasteiger partial charge is 0.737 e. The van der Waals surface area contributed by atoms with E-state index in [0.717, 1.165) is 50.1 Å². The number of hydrogen-bond donors (Lipinski definition) is 0. The molecule has 0 amide bonds. The molecule has 10 rings (SSSR count). The summed E-state index contributed by atoms with van der Waals surface area (Å²) in [4.78, 5) is 0. The van der Waals surface area contributed by atoms with Gasteiger partial charge in [-0.1, -0.05) is 104 Å². The van der Waals surface area contributed by atoms with Gasteiger partial charge in [-0.2, -0.15) is 0 Å². The molecule has 1 spiro atoms. The zero-order valence-electron chi connectivity index (χ0n) is 33.1. The van der Waals surface area contributed by atoms with Crippen molar-refractivity contribution in [1.29, 1.82) is 0 Å². The minimum atomic E-state index is -4.08. The van der Waals surface area contributed by atoms with Crippen molar-refractivity contribution < 1.29 is 13.1 Å². The third-order valence-corrected chi connectivity index (χ3v) is 13.3. The summed E-state index contributed by atoms with van der Waals surface area (Å²) in [5.41, 5.74) is 20.0. The predicted octanol–water partition coefficient (Wildman–Crippen LogP) is 11.6. The SMILES string of the molecule is C#Cc1ccc2c(c1)C1(c3ccccc3-2)c2ccccc2-c2ccc(C#Cc3ccc(C4=C5C(C)=C(CC)C(C)=[N+]5[B-](F)(F)n5c(C)c(CC)c(C)c54)cc3)cc21. The van der Waals surface area contributed by atoms with E-state index in [-0.39, 0.29) is 0 Å². The molecule has 0 saturated heterocycles. The molecule has 1 unspecified atom stereocenters. The number of nitrogens with zero attached hydrogens (tertiary/aromatic N) is 2. The summed E-state index contributed by atoms with van der Waals surface area (Å²) >= 11 is 0. The normalized spacial score (nSPS) is 17.8. The molecule has 0 radical (unpaired) electrons. The van der Waals surface area contributed by atoms with Crippen molar-refractivity contribution in [3.8, 4) is 46.4 Å². The summed E-state index contributed by atoms with van der Waals surface area (Å²) in [7, 11) is 0. The van der Waals surface area contributed by atoms with Gasteiger partial charge in [0.05, 0.1) is 11.0 Å². The Bertz CT molecular complexity index is 2990. The van der Waals surface area contributed by atoms with Gasteiger partial charge in [-0.3, -0.25) is 0 Å². The standard InChI is InChI=1S/C52H41BF2N2/c1-8-35-23-27-43-41-15-11-13-17-45(41)52(47(43)29-35)46-18-14-12-16-42(46)44-28-24-37(30-48(44)52)20-19-36-21-25-38(26-22-36)49-50-31(4)39(9-2)33(6)56(50)53(54,55)57-34(7)40(10-3)32(5)51(49)57/h1,11-18,21-30H,9-10H2,2-7H3. The van der Waals surface area contributed by atoms with Crippen LogP contribution in [-0.2, 0) is 11.8 Å². The second kappa shape index (κ2) is 12.3. The molecule has 0 N–H and O–H groups in total. The minimum Gasteiger partial charge on any atom is -0.393 e. The number of benzene rings is 5. The monoisotopic (exact) mass is 742 g/mol. The molecule has 57 heavy (non-hydrogen) atoms. The van der Waals surface area contributed by atoms with Crippen molar-refractivity contribution in [3.05, 3.63) is 193 Å². The topological polar surface area (TPSA) is 7.94 Å². The van der Waals surface area contributed by atoms with Crippen LogP contribution in [0.3, 0.4) is 0 Å². The van der Waals surface area contributed by atoms with Crippen LogP contribution in [0.2, 0.25) is 0 Å². The van der Waals surface area contributed by atoms with Gasteiger partial charge in [0.1, 0.15) is 5.71 Å². The summed E-state index contributed by atoms with van der Waals surface area (Å²) in [5, 5.41) is 0.